The molecule has 0 aliphatic carbocycles. The van der Waals surface area contributed by atoms with E-state index in [-0.39, 0.29) is 30.1 Å². The van der Waals surface area contributed by atoms with E-state index in [1.807, 2.05) is 31.2 Å². The second-order valence-corrected chi connectivity index (χ2v) is 6.34. The van der Waals surface area contributed by atoms with E-state index in [2.05, 4.69) is 15.3 Å². The lowest BCUT2D eigenvalue weighted by molar-refractivity contribution is 0.0906. The molecule has 0 spiro atoms. The topological polar surface area (TPSA) is 80.2 Å². The molecule has 0 fully saturated rings. The number of nitrogens with one attached hydrogen (secondary N) is 2. The van der Waals surface area contributed by atoms with Crippen LogP contribution in [0.25, 0.3) is 11.0 Å². The third kappa shape index (κ3) is 3.88. The molecule has 2 aromatic carbocycles. The third-order valence-corrected chi connectivity index (χ3v) is 4.25. The number of halogens is 1. The SMILES string of the molecule is C[C@H](NC(=O)c1ccc(COc2ccc(F)cc2)o1)c1nc2ccccc2[nH]1. The van der Waals surface area contributed by atoms with Crippen molar-refractivity contribution in [3.05, 3.63) is 83.8 Å². The number of para-hydroxylation sites is 2. The number of hydrogen-bond acceptors (Lipinski definition) is 4. The first-order chi connectivity index (χ1) is 13.6. The van der Waals surface area contributed by atoms with Crippen molar-refractivity contribution in [2.75, 3.05) is 0 Å². The molecule has 0 aliphatic heterocycles. The summed E-state index contributed by atoms with van der Waals surface area (Å²) in [6.07, 6.45) is 0. The molecule has 1 amide bonds. The molecule has 0 unspecified atom stereocenters. The highest BCUT2D eigenvalue weighted by Gasteiger charge is 2.17. The van der Waals surface area contributed by atoms with Gasteiger partial charge in [0, 0.05) is 0 Å². The molecule has 2 N–H and O–H groups in total. The van der Waals surface area contributed by atoms with Crippen LogP contribution in [0.2, 0.25) is 0 Å². The highest BCUT2D eigenvalue weighted by atomic mass is 19.1. The number of aromatic amines is 1. The summed E-state index contributed by atoms with van der Waals surface area (Å²) in [6, 6.07) is 16.3. The number of amides is 1. The van der Waals surface area contributed by atoms with Crippen molar-refractivity contribution < 1.29 is 18.3 Å². The minimum absolute atomic E-state index is 0.137. The van der Waals surface area contributed by atoms with E-state index in [0.717, 1.165) is 11.0 Å². The summed E-state index contributed by atoms with van der Waals surface area (Å²) in [5, 5.41) is 2.86. The number of carbonyl (C=O) groups excluding carboxylic acids is 1. The molecule has 1 atom stereocenters. The van der Waals surface area contributed by atoms with Crippen LogP contribution in [0.1, 0.15) is 35.1 Å². The fourth-order valence-electron chi connectivity index (χ4n) is 2.78. The molecule has 2 heterocycles. The molecule has 142 valence electrons. The first kappa shape index (κ1) is 17.8. The van der Waals surface area contributed by atoms with Gasteiger partial charge in [-0.25, -0.2) is 9.37 Å². The number of nitrogens with zero attached hydrogens (tertiary/aromatic N) is 1. The van der Waals surface area contributed by atoms with Crippen LogP contribution in [-0.4, -0.2) is 15.9 Å². The number of imidazole rings is 1. The summed E-state index contributed by atoms with van der Waals surface area (Å²) in [5.74, 6) is 1.18. The van der Waals surface area contributed by atoms with Crippen LogP contribution < -0.4 is 10.1 Å². The predicted molar refractivity (Wildman–Crippen MR) is 101 cm³/mol. The zero-order valence-electron chi connectivity index (χ0n) is 15.1. The van der Waals surface area contributed by atoms with Crippen LogP contribution in [0, 0.1) is 5.82 Å². The predicted octanol–water partition coefficient (Wildman–Crippen LogP) is 4.37. The molecule has 0 saturated heterocycles. The maximum atomic E-state index is 12.9. The van der Waals surface area contributed by atoms with E-state index in [0.29, 0.717) is 17.3 Å². The Bertz CT molecular complexity index is 1070. The number of furan rings is 1. The lowest BCUT2D eigenvalue weighted by Gasteiger charge is -2.10. The molecule has 0 saturated carbocycles. The molecule has 4 rings (SSSR count). The average molecular weight is 379 g/mol. The van der Waals surface area contributed by atoms with Crippen LogP contribution in [0.3, 0.4) is 0 Å². The van der Waals surface area contributed by atoms with Gasteiger partial charge in [0.05, 0.1) is 17.1 Å². The van der Waals surface area contributed by atoms with Gasteiger partial charge in [0.15, 0.2) is 5.76 Å². The first-order valence-corrected chi connectivity index (χ1v) is 8.81. The number of H-pyrrole nitrogens is 1. The third-order valence-electron chi connectivity index (χ3n) is 4.25. The minimum atomic E-state index is -0.346. The molecule has 2 aromatic heterocycles. The largest absolute Gasteiger partial charge is 0.486 e. The highest BCUT2D eigenvalue weighted by Crippen LogP contribution is 2.18. The van der Waals surface area contributed by atoms with Crippen molar-refractivity contribution in [2.24, 2.45) is 0 Å². The molecular weight excluding hydrogens is 361 g/mol. The van der Waals surface area contributed by atoms with Crippen molar-refractivity contribution in [1.29, 1.82) is 0 Å². The normalized spacial score (nSPS) is 12.1. The smallest absolute Gasteiger partial charge is 0.287 e. The first-order valence-electron chi connectivity index (χ1n) is 8.81. The molecule has 0 radical (unpaired) electrons. The number of hydrogen-bond donors (Lipinski definition) is 2. The van der Waals surface area contributed by atoms with Gasteiger partial charge in [-0.2, -0.15) is 0 Å². The average Bonchev–Trinajstić information content (AvgIpc) is 3.34. The maximum absolute atomic E-state index is 12.9. The van der Waals surface area contributed by atoms with Gasteiger partial charge in [-0.05, 0) is 55.5 Å². The molecule has 7 heteroatoms. The van der Waals surface area contributed by atoms with Gasteiger partial charge in [-0.15, -0.1) is 0 Å². The van der Waals surface area contributed by atoms with E-state index < -0.39 is 0 Å². The Morgan fingerprint density at radius 3 is 2.75 bits per heavy atom. The summed E-state index contributed by atoms with van der Waals surface area (Å²) in [4.78, 5) is 20.1. The van der Waals surface area contributed by atoms with Gasteiger partial charge in [0.2, 0.25) is 0 Å². The summed E-state index contributed by atoms with van der Waals surface area (Å²) >= 11 is 0. The molecule has 0 bridgehead atoms. The molecular formula is C21H18FN3O3. The van der Waals surface area contributed by atoms with Gasteiger partial charge < -0.3 is 19.5 Å². The van der Waals surface area contributed by atoms with E-state index in [9.17, 15) is 9.18 Å². The number of aromatic nitrogens is 2. The molecule has 0 aliphatic rings. The summed E-state index contributed by atoms with van der Waals surface area (Å²) in [7, 11) is 0. The van der Waals surface area contributed by atoms with Crippen LogP contribution >= 0.6 is 0 Å². The molecule has 4 aromatic rings. The van der Waals surface area contributed by atoms with Crippen molar-refractivity contribution in [2.45, 2.75) is 19.6 Å². The van der Waals surface area contributed by atoms with Gasteiger partial charge in [0.1, 0.15) is 29.8 Å². The number of carbonyl (C=O) groups is 1. The summed E-state index contributed by atoms with van der Waals surface area (Å²) < 4.78 is 24.0. The van der Waals surface area contributed by atoms with Gasteiger partial charge >= 0.3 is 0 Å². The monoisotopic (exact) mass is 379 g/mol. The van der Waals surface area contributed by atoms with Crippen molar-refractivity contribution in [3.8, 4) is 5.75 Å². The quantitative estimate of drug-likeness (QED) is 0.521. The highest BCUT2D eigenvalue weighted by molar-refractivity contribution is 5.91. The number of rotatable bonds is 6. The summed E-state index contributed by atoms with van der Waals surface area (Å²) in [6.45, 7) is 1.98. The Labute approximate surface area is 160 Å². The zero-order chi connectivity index (χ0) is 19.5. The molecule has 28 heavy (non-hydrogen) atoms. The Morgan fingerprint density at radius 2 is 1.96 bits per heavy atom. The van der Waals surface area contributed by atoms with Gasteiger partial charge in [-0.1, -0.05) is 12.1 Å². The Kier molecular flexibility index (Phi) is 4.80. The van der Waals surface area contributed by atoms with E-state index in [1.165, 1.54) is 24.3 Å². The Balaban J connectivity index is 1.37. The van der Waals surface area contributed by atoms with Crippen molar-refractivity contribution in [3.63, 3.8) is 0 Å². The number of fused-ring (bicyclic) bond motifs is 1. The van der Waals surface area contributed by atoms with Crippen LogP contribution in [-0.2, 0) is 6.61 Å². The van der Waals surface area contributed by atoms with Gasteiger partial charge in [-0.3, -0.25) is 4.79 Å². The van der Waals surface area contributed by atoms with E-state index in [1.54, 1.807) is 12.1 Å². The standard InChI is InChI=1S/C21H18FN3O3/c1-13(20-24-17-4-2-3-5-18(17)25-20)23-21(26)19-11-10-16(28-19)12-27-15-8-6-14(22)7-9-15/h2-11,13H,12H2,1H3,(H,23,26)(H,24,25)/t13-/m0/s1. The van der Waals surface area contributed by atoms with Crippen molar-refractivity contribution >= 4 is 16.9 Å². The lowest BCUT2D eigenvalue weighted by Crippen LogP contribution is -2.27. The summed E-state index contributed by atoms with van der Waals surface area (Å²) in [5.41, 5.74) is 1.76. The lowest BCUT2D eigenvalue weighted by atomic mass is 10.3. The second-order valence-electron chi connectivity index (χ2n) is 6.34. The Morgan fingerprint density at radius 1 is 1.18 bits per heavy atom. The molecule has 6 nitrogen and oxygen atoms in total. The number of benzene rings is 2. The Hall–Kier alpha value is -3.61. The maximum Gasteiger partial charge on any atom is 0.287 e. The fraction of sp³-hybridized carbons (Fsp3) is 0.143. The second kappa shape index (κ2) is 7.56. The minimum Gasteiger partial charge on any atom is -0.486 e. The van der Waals surface area contributed by atoms with Gasteiger partial charge in [0.25, 0.3) is 5.91 Å². The van der Waals surface area contributed by atoms with Crippen LogP contribution in [0.15, 0.2) is 65.1 Å². The fourth-order valence-corrected chi connectivity index (χ4v) is 2.78. The van der Waals surface area contributed by atoms with E-state index in [4.69, 9.17) is 9.15 Å². The van der Waals surface area contributed by atoms with Crippen LogP contribution in [0.4, 0.5) is 4.39 Å². The van der Waals surface area contributed by atoms with Crippen molar-refractivity contribution in [1.82, 2.24) is 15.3 Å². The zero-order valence-corrected chi connectivity index (χ0v) is 15.1. The van der Waals surface area contributed by atoms with E-state index >= 15 is 0 Å². The van der Waals surface area contributed by atoms with Crippen LogP contribution in [0.5, 0.6) is 5.75 Å². The number of ether oxygens (including phenoxy) is 1.